The maximum atomic E-state index is 14.1. The van der Waals surface area contributed by atoms with E-state index in [4.69, 9.17) is 16.3 Å². The number of carbonyl (C=O) groups is 1. The molecule has 0 aromatic heterocycles. The maximum Gasteiger partial charge on any atom is 0.164 e. The van der Waals surface area contributed by atoms with Crippen LogP contribution < -0.4 is 9.64 Å². The second-order valence-corrected chi connectivity index (χ2v) is 6.79. The molecule has 2 aromatic rings. The first-order valence-electron chi connectivity index (χ1n) is 8.48. The van der Waals surface area contributed by atoms with Crippen molar-refractivity contribution in [1.29, 1.82) is 0 Å². The van der Waals surface area contributed by atoms with E-state index in [0.717, 1.165) is 25.9 Å². The standard InChI is InChI=1S/C20H21ClFNO2/c1-14(24)20-17(22)8-4-9-18(20)23-11-5-6-15(12-23)13-25-19-10-3-2-7-16(19)21/h2-4,7-10,15H,5-6,11-13H2,1H3. The molecule has 25 heavy (non-hydrogen) atoms. The molecule has 0 radical (unpaired) electrons. The number of benzene rings is 2. The van der Waals surface area contributed by atoms with Gasteiger partial charge in [-0.2, -0.15) is 0 Å². The lowest BCUT2D eigenvalue weighted by atomic mass is 9.97. The van der Waals surface area contributed by atoms with Gasteiger partial charge in [-0.1, -0.05) is 29.8 Å². The Bertz CT molecular complexity index is 765. The van der Waals surface area contributed by atoms with Crippen LogP contribution in [-0.4, -0.2) is 25.5 Å². The van der Waals surface area contributed by atoms with Crippen LogP contribution in [0.15, 0.2) is 42.5 Å². The zero-order valence-electron chi connectivity index (χ0n) is 14.2. The van der Waals surface area contributed by atoms with Crippen molar-refractivity contribution in [3.8, 4) is 5.75 Å². The van der Waals surface area contributed by atoms with Gasteiger partial charge in [-0.3, -0.25) is 4.79 Å². The van der Waals surface area contributed by atoms with Crippen molar-refractivity contribution in [2.24, 2.45) is 5.92 Å². The number of ketones is 1. The summed E-state index contributed by atoms with van der Waals surface area (Å²) in [5, 5.41) is 0.596. The Kier molecular flexibility index (Phi) is 5.59. The molecule has 1 aliphatic heterocycles. The second-order valence-electron chi connectivity index (χ2n) is 6.39. The number of para-hydroxylation sites is 1. The molecule has 2 aromatic carbocycles. The smallest absolute Gasteiger partial charge is 0.164 e. The lowest BCUT2D eigenvalue weighted by molar-refractivity contribution is 0.101. The van der Waals surface area contributed by atoms with E-state index < -0.39 is 5.82 Å². The minimum atomic E-state index is -0.459. The van der Waals surface area contributed by atoms with Crippen LogP contribution in [0.3, 0.4) is 0 Å². The fourth-order valence-corrected chi connectivity index (χ4v) is 3.50. The number of anilines is 1. The van der Waals surface area contributed by atoms with E-state index in [1.165, 1.54) is 13.0 Å². The summed E-state index contributed by atoms with van der Waals surface area (Å²) >= 11 is 6.12. The van der Waals surface area contributed by atoms with Crippen LogP contribution in [0.5, 0.6) is 5.75 Å². The van der Waals surface area contributed by atoms with Crippen molar-refractivity contribution in [3.05, 3.63) is 58.9 Å². The van der Waals surface area contributed by atoms with Crippen molar-refractivity contribution in [1.82, 2.24) is 0 Å². The number of ether oxygens (including phenoxy) is 1. The predicted octanol–water partition coefficient (Wildman–Crippen LogP) is 4.98. The average Bonchev–Trinajstić information content (AvgIpc) is 2.61. The van der Waals surface area contributed by atoms with Crippen molar-refractivity contribution in [3.63, 3.8) is 0 Å². The third-order valence-electron chi connectivity index (χ3n) is 4.51. The molecule has 5 heteroatoms. The molecule has 1 saturated heterocycles. The largest absolute Gasteiger partial charge is 0.492 e. The second kappa shape index (κ2) is 7.87. The molecule has 0 saturated carbocycles. The number of nitrogens with zero attached hydrogens (tertiary/aromatic N) is 1. The average molecular weight is 362 g/mol. The van der Waals surface area contributed by atoms with E-state index in [-0.39, 0.29) is 11.3 Å². The summed E-state index contributed by atoms with van der Waals surface area (Å²) in [5.41, 5.74) is 0.852. The molecule has 1 fully saturated rings. The van der Waals surface area contributed by atoms with E-state index in [9.17, 15) is 9.18 Å². The molecule has 0 amide bonds. The van der Waals surface area contributed by atoms with E-state index in [0.29, 0.717) is 29.0 Å². The highest BCUT2D eigenvalue weighted by Gasteiger charge is 2.25. The lowest BCUT2D eigenvalue weighted by Crippen LogP contribution is -2.38. The summed E-state index contributed by atoms with van der Waals surface area (Å²) < 4.78 is 19.9. The Morgan fingerprint density at radius 2 is 2.08 bits per heavy atom. The van der Waals surface area contributed by atoms with E-state index >= 15 is 0 Å². The number of rotatable bonds is 5. The van der Waals surface area contributed by atoms with Crippen LogP contribution >= 0.6 is 11.6 Å². The van der Waals surface area contributed by atoms with Gasteiger partial charge in [0.15, 0.2) is 5.78 Å². The van der Waals surface area contributed by atoms with Crippen LogP contribution in [0, 0.1) is 11.7 Å². The van der Waals surface area contributed by atoms with E-state index in [1.807, 2.05) is 24.3 Å². The molecule has 3 nitrogen and oxygen atoms in total. The minimum Gasteiger partial charge on any atom is -0.492 e. The quantitative estimate of drug-likeness (QED) is 0.703. The predicted molar refractivity (Wildman–Crippen MR) is 98.3 cm³/mol. The fraction of sp³-hybridized carbons (Fsp3) is 0.350. The summed E-state index contributed by atoms with van der Waals surface area (Å²) in [6.45, 7) is 3.50. The number of Topliss-reactive ketones (excluding diaryl/α,β-unsaturated/α-hetero) is 1. The van der Waals surface area contributed by atoms with Gasteiger partial charge in [-0.25, -0.2) is 4.39 Å². The first-order chi connectivity index (χ1) is 12.1. The normalized spacial score (nSPS) is 17.4. The topological polar surface area (TPSA) is 29.5 Å². The zero-order chi connectivity index (χ0) is 17.8. The van der Waals surface area contributed by atoms with Crippen molar-refractivity contribution in [2.45, 2.75) is 19.8 Å². The minimum absolute atomic E-state index is 0.176. The molecule has 0 bridgehead atoms. The summed E-state index contributed by atoms with van der Waals surface area (Å²) in [5.74, 6) is 0.270. The molecule has 1 atom stereocenters. The molecule has 0 aliphatic carbocycles. The summed E-state index contributed by atoms with van der Waals surface area (Å²) in [6, 6.07) is 12.2. The molecule has 1 aliphatic rings. The van der Waals surface area contributed by atoms with Crippen LogP contribution in [0.2, 0.25) is 5.02 Å². The molecule has 0 N–H and O–H groups in total. The van der Waals surface area contributed by atoms with Crippen LogP contribution in [0.25, 0.3) is 0 Å². The van der Waals surface area contributed by atoms with Gasteiger partial charge in [0.25, 0.3) is 0 Å². The Morgan fingerprint density at radius 3 is 2.84 bits per heavy atom. The number of hydrogen-bond acceptors (Lipinski definition) is 3. The SMILES string of the molecule is CC(=O)c1c(F)cccc1N1CCCC(COc2ccccc2Cl)C1. The van der Waals surface area contributed by atoms with Crippen LogP contribution in [-0.2, 0) is 0 Å². The number of halogens is 2. The molecular weight excluding hydrogens is 341 g/mol. The van der Waals surface area contributed by atoms with E-state index in [1.54, 1.807) is 12.1 Å². The highest BCUT2D eigenvalue weighted by Crippen LogP contribution is 2.30. The Morgan fingerprint density at radius 1 is 1.28 bits per heavy atom. The van der Waals surface area contributed by atoms with Crippen LogP contribution in [0.4, 0.5) is 10.1 Å². The summed E-state index contributed by atoms with van der Waals surface area (Å²) in [6.07, 6.45) is 2.01. The molecular formula is C20H21ClFNO2. The number of hydrogen-bond donors (Lipinski definition) is 0. The summed E-state index contributed by atoms with van der Waals surface area (Å²) in [7, 11) is 0. The Labute approximate surface area is 152 Å². The van der Waals surface area contributed by atoms with Gasteiger partial charge in [-0.15, -0.1) is 0 Å². The van der Waals surface area contributed by atoms with Gasteiger partial charge in [0.05, 0.1) is 22.9 Å². The molecule has 132 valence electrons. The highest BCUT2D eigenvalue weighted by molar-refractivity contribution is 6.32. The first-order valence-corrected chi connectivity index (χ1v) is 8.86. The van der Waals surface area contributed by atoms with Gasteiger partial charge in [0, 0.05) is 19.0 Å². The third-order valence-corrected chi connectivity index (χ3v) is 4.83. The molecule has 1 heterocycles. The number of piperidine rings is 1. The molecule has 1 unspecified atom stereocenters. The van der Waals surface area contributed by atoms with Crippen molar-refractivity contribution < 1.29 is 13.9 Å². The first kappa shape index (κ1) is 17.7. The molecule has 3 rings (SSSR count). The van der Waals surface area contributed by atoms with Crippen LogP contribution in [0.1, 0.15) is 30.1 Å². The van der Waals surface area contributed by atoms with Crippen molar-refractivity contribution >= 4 is 23.1 Å². The van der Waals surface area contributed by atoms with Gasteiger partial charge in [0.2, 0.25) is 0 Å². The fourth-order valence-electron chi connectivity index (χ4n) is 3.31. The van der Waals surface area contributed by atoms with Crippen molar-refractivity contribution in [2.75, 3.05) is 24.6 Å². The Balaban J connectivity index is 1.71. The monoisotopic (exact) mass is 361 g/mol. The Hall–Kier alpha value is -2.07. The van der Waals surface area contributed by atoms with Gasteiger partial charge in [-0.05, 0) is 44.0 Å². The van der Waals surface area contributed by atoms with E-state index in [2.05, 4.69) is 4.90 Å². The van der Waals surface area contributed by atoms with Gasteiger partial charge >= 0.3 is 0 Å². The van der Waals surface area contributed by atoms with Gasteiger partial charge < -0.3 is 9.64 Å². The third kappa shape index (κ3) is 4.13. The summed E-state index contributed by atoms with van der Waals surface area (Å²) in [4.78, 5) is 13.9. The maximum absolute atomic E-state index is 14.1. The number of carbonyl (C=O) groups excluding carboxylic acids is 1. The lowest BCUT2D eigenvalue weighted by Gasteiger charge is -2.35. The zero-order valence-corrected chi connectivity index (χ0v) is 14.9. The highest BCUT2D eigenvalue weighted by atomic mass is 35.5. The van der Waals surface area contributed by atoms with Gasteiger partial charge in [0.1, 0.15) is 11.6 Å². The molecule has 0 spiro atoms.